The van der Waals surface area contributed by atoms with Crippen LogP contribution in [0.2, 0.25) is 5.02 Å². The predicted octanol–water partition coefficient (Wildman–Crippen LogP) is 4.16. The number of H-pyrrole nitrogens is 1. The maximum absolute atomic E-state index is 13.9. The molecule has 5 rings (SSSR count). The van der Waals surface area contributed by atoms with Crippen molar-refractivity contribution in [2.45, 2.75) is 31.8 Å². The number of hydrogen-bond acceptors (Lipinski definition) is 5. The number of phenolic OH excluding ortho intramolecular Hbond substituents is 1. The summed E-state index contributed by atoms with van der Waals surface area (Å²) in [6.45, 7) is 6.88. The number of ether oxygens (including phenoxy) is 1. The van der Waals surface area contributed by atoms with Crippen LogP contribution in [0.25, 0.3) is 10.9 Å². The first-order valence-electron chi connectivity index (χ1n) is 12.2. The number of nitrogens with zero attached hydrogens (tertiary/aromatic N) is 3. The van der Waals surface area contributed by atoms with Gasteiger partial charge in [0.05, 0.1) is 6.61 Å². The molecule has 2 N–H and O–H groups in total. The molecule has 2 aliphatic rings. The number of carbonyl (C=O) groups is 2. The molecule has 2 aliphatic heterocycles. The van der Waals surface area contributed by atoms with Gasteiger partial charge in [-0.3, -0.25) is 19.5 Å². The number of likely N-dealkylation sites (N-methyl/N-ethyl adjacent to an activating group) is 1. The van der Waals surface area contributed by atoms with Crippen LogP contribution in [-0.2, 0) is 16.0 Å². The van der Waals surface area contributed by atoms with Gasteiger partial charge in [0.25, 0.3) is 5.91 Å². The molecule has 9 heteroatoms. The van der Waals surface area contributed by atoms with E-state index < -0.39 is 11.6 Å². The topological polar surface area (TPSA) is 89.1 Å². The van der Waals surface area contributed by atoms with E-state index in [1.54, 1.807) is 30.2 Å². The number of aromatic hydroxyl groups is 1. The summed E-state index contributed by atoms with van der Waals surface area (Å²) in [4.78, 5) is 36.5. The zero-order valence-electron chi connectivity index (χ0n) is 20.8. The summed E-state index contributed by atoms with van der Waals surface area (Å²) in [5.74, 6) is -0.102. The number of rotatable bonds is 8. The van der Waals surface area contributed by atoms with E-state index in [1.165, 1.54) is 4.90 Å². The number of carbonyl (C=O) groups excluding carboxylic acids is 2. The molecule has 1 aromatic heterocycles. The summed E-state index contributed by atoms with van der Waals surface area (Å²) in [7, 11) is 1.66. The lowest BCUT2D eigenvalue weighted by atomic mass is 9.81. The van der Waals surface area contributed by atoms with Crippen molar-refractivity contribution in [1.29, 1.82) is 0 Å². The maximum atomic E-state index is 13.9. The van der Waals surface area contributed by atoms with E-state index in [1.807, 2.05) is 31.2 Å². The number of phenols is 1. The van der Waals surface area contributed by atoms with Crippen molar-refractivity contribution in [2.24, 2.45) is 0 Å². The lowest BCUT2D eigenvalue weighted by Crippen LogP contribution is -2.53. The molecular formula is C27H31ClN4O4. The number of aromatic nitrogens is 1. The molecule has 3 aromatic rings. The SMILES string of the molecule is CCN(CCOC)CCN1C(=O)N2[C@H](c3cccc(O)c3)c3[nH]c4ccc(Cl)cc4c3C[C@@]2(C)C1=O. The second-order valence-corrected chi connectivity index (χ2v) is 10.1. The molecule has 3 amide bonds. The van der Waals surface area contributed by atoms with Crippen LogP contribution in [0.15, 0.2) is 42.5 Å². The Balaban J connectivity index is 1.58. The third-order valence-corrected chi connectivity index (χ3v) is 7.75. The van der Waals surface area contributed by atoms with Crippen molar-refractivity contribution in [3.63, 3.8) is 0 Å². The summed E-state index contributed by atoms with van der Waals surface area (Å²) >= 11 is 6.33. The Morgan fingerprint density at radius 1 is 1.22 bits per heavy atom. The Morgan fingerprint density at radius 3 is 2.75 bits per heavy atom. The lowest BCUT2D eigenvalue weighted by Gasteiger charge is -2.42. The lowest BCUT2D eigenvalue weighted by molar-refractivity contribution is -0.133. The van der Waals surface area contributed by atoms with Gasteiger partial charge >= 0.3 is 6.03 Å². The van der Waals surface area contributed by atoms with Gasteiger partial charge in [-0.05, 0) is 54.9 Å². The third-order valence-electron chi connectivity index (χ3n) is 7.51. The predicted molar refractivity (Wildman–Crippen MR) is 138 cm³/mol. The van der Waals surface area contributed by atoms with E-state index in [-0.39, 0.29) is 17.7 Å². The van der Waals surface area contributed by atoms with Crippen LogP contribution in [0.5, 0.6) is 5.75 Å². The zero-order valence-corrected chi connectivity index (χ0v) is 21.5. The molecule has 190 valence electrons. The van der Waals surface area contributed by atoms with Crippen LogP contribution in [0, 0.1) is 0 Å². The highest BCUT2D eigenvalue weighted by molar-refractivity contribution is 6.31. The van der Waals surface area contributed by atoms with Gasteiger partial charge in [-0.1, -0.05) is 30.7 Å². The van der Waals surface area contributed by atoms with E-state index in [4.69, 9.17) is 16.3 Å². The van der Waals surface area contributed by atoms with Gasteiger partial charge in [-0.15, -0.1) is 0 Å². The largest absolute Gasteiger partial charge is 0.508 e. The molecule has 8 nitrogen and oxygen atoms in total. The number of hydrogen-bond donors (Lipinski definition) is 2. The van der Waals surface area contributed by atoms with Crippen molar-refractivity contribution in [3.05, 3.63) is 64.3 Å². The van der Waals surface area contributed by atoms with E-state index in [2.05, 4.69) is 16.8 Å². The molecule has 0 unspecified atom stereocenters. The monoisotopic (exact) mass is 510 g/mol. The van der Waals surface area contributed by atoms with Crippen molar-refractivity contribution in [1.82, 2.24) is 19.7 Å². The summed E-state index contributed by atoms with van der Waals surface area (Å²) in [6, 6.07) is 11.6. The molecule has 0 bridgehead atoms. The van der Waals surface area contributed by atoms with Gasteiger partial charge in [0.15, 0.2) is 0 Å². The third kappa shape index (κ3) is 3.93. The number of urea groups is 1. The first-order chi connectivity index (χ1) is 17.3. The minimum atomic E-state index is -1.07. The minimum absolute atomic E-state index is 0.104. The molecular weight excluding hydrogens is 480 g/mol. The highest BCUT2D eigenvalue weighted by atomic mass is 35.5. The Labute approximate surface area is 215 Å². The number of nitrogens with one attached hydrogen (secondary N) is 1. The fourth-order valence-corrected chi connectivity index (χ4v) is 5.79. The van der Waals surface area contributed by atoms with E-state index >= 15 is 0 Å². The van der Waals surface area contributed by atoms with Crippen LogP contribution in [0.4, 0.5) is 4.79 Å². The highest BCUT2D eigenvalue weighted by Crippen LogP contribution is 2.49. The normalized spacial score (nSPS) is 21.5. The fraction of sp³-hybridized carbons (Fsp3) is 0.407. The molecule has 0 spiro atoms. The van der Waals surface area contributed by atoms with Crippen molar-refractivity contribution < 1.29 is 19.4 Å². The fourth-order valence-electron chi connectivity index (χ4n) is 5.61. The second-order valence-electron chi connectivity index (χ2n) is 9.69. The first kappa shape index (κ1) is 24.6. The van der Waals surface area contributed by atoms with Crippen LogP contribution >= 0.6 is 11.6 Å². The van der Waals surface area contributed by atoms with E-state index in [0.29, 0.717) is 31.1 Å². The van der Waals surface area contributed by atoms with Crippen LogP contribution in [-0.4, -0.2) is 82.2 Å². The number of imide groups is 1. The van der Waals surface area contributed by atoms with Gasteiger partial charge in [-0.25, -0.2) is 4.79 Å². The maximum Gasteiger partial charge on any atom is 0.328 e. The van der Waals surface area contributed by atoms with E-state index in [9.17, 15) is 14.7 Å². The van der Waals surface area contributed by atoms with Crippen molar-refractivity contribution in [3.8, 4) is 5.75 Å². The average Bonchev–Trinajstić information content (AvgIpc) is 3.29. The van der Waals surface area contributed by atoms with Crippen molar-refractivity contribution >= 4 is 34.4 Å². The molecule has 3 heterocycles. The van der Waals surface area contributed by atoms with Gasteiger partial charge in [0.2, 0.25) is 0 Å². The number of aromatic amines is 1. The summed E-state index contributed by atoms with van der Waals surface area (Å²) in [5.41, 5.74) is 2.37. The number of methoxy groups -OCH3 is 1. The Hall–Kier alpha value is -3.07. The highest BCUT2D eigenvalue weighted by Gasteiger charge is 2.60. The summed E-state index contributed by atoms with van der Waals surface area (Å²) < 4.78 is 5.19. The van der Waals surface area contributed by atoms with Gasteiger partial charge in [0.1, 0.15) is 17.3 Å². The zero-order chi connectivity index (χ0) is 25.6. The Kier molecular flexibility index (Phi) is 6.44. The molecule has 2 aromatic carbocycles. The quantitative estimate of drug-likeness (QED) is 0.444. The van der Waals surface area contributed by atoms with Gasteiger partial charge in [-0.2, -0.15) is 0 Å². The Morgan fingerprint density at radius 2 is 2.03 bits per heavy atom. The molecule has 0 saturated carbocycles. The van der Waals surface area contributed by atoms with Crippen LogP contribution in [0.3, 0.4) is 0 Å². The van der Waals surface area contributed by atoms with E-state index in [0.717, 1.165) is 40.8 Å². The Bertz CT molecular complexity index is 1320. The molecule has 1 fully saturated rings. The second kappa shape index (κ2) is 9.42. The van der Waals surface area contributed by atoms with Crippen molar-refractivity contribution in [2.75, 3.05) is 39.9 Å². The van der Waals surface area contributed by atoms with Gasteiger partial charge in [0, 0.05) is 54.8 Å². The number of benzene rings is 2. The molecule has 36 heavy (non-hydrogen) atoms. The molecule has 2 atom stereocenters. The standard InChI is InChI=1S/C27H31ClN4O4/c1-4-30(12-13-36-3)10-11-31-25(34)27(2)16-21-20-15-18(28)8-9-22(20)29-23(21)24(32(27)26(31)35)17-6-5-7-19(33)14-17/h5-9,14-15,24,29,33H,4,10-13,16H2,1-3H3/t24-,27+/m1/s1. The molecule has 0 aliphatic carbocycles. The minimum Gasteiger partial charge on any atom is -0.508 e. The van der Waals surface area contributed by atoms with Gasteiger partial charge < -0.3 is 14.8 Å². The smallest absolute Gasteiger partial charge is 0.328 e. The number of amides is 3. The summed E-state index contributed by atoms with van der Waals surface area (Å²) in [6.07, 6.45) is 0.375. The molecule has 1 saturated heterocycles. The van der Waals surface area contributed by atoms with Crippen LogP contribution in [0.1, 0.15) is 36.7 Å². The molecule has 0 radical (unpaired) electrons. The van der Waals surface area contributed by atoms with Crippen LogP contribution < -0.4 is 0 Å². The first-order valence-corrected chi connectivity index (χ1v) is 12.6. The summed E-state index contributed by atoms with van der Waals surface area (Å²) in [5, 5.41) is 11.8. The number of halogens is 1. The average molecular weight is 511 g/mol. The number of fused-ring (bicyclic) bond motifs is 4.